The molecule has 3 amide bonds. The number of cyclic esters (lactones) is 1. The van der Waals surface area contributed by atoms with Crippen molar-refractivity contribution < 1.29 is 62.9 Å². The Balaban J connectivity index is 1.44. The van der Waals surface area contributed by atoms with Crippen LogP contribution >= 0.6 is 11.3 Å². The number of amides is 3. The number of hydrogen-bond donors (Lipinski definition) is 4. The largest absolute Gasteiger partial charge is 0.503 e. The number of H-pyrrole nitrogens is 1. The van der Waals surface area contributed by atoms with E-state index in [1.54, 1.807) is 0 Å². The fraction of sp³-hybridized carbons (Fsp3) is 0.448. The maximum absolute atomic E-state index is 13.8. The number of Topliss-reactive ketones (excluding diaryl/α,β-unsaturated/α-hetero) is 1. The van der Waals surface area contributed by atoms with Crippen molar-refractivity contribution >= 4 is 63.6 Å². The molecule has 5 rings (SSSR count). The first-order chi connectivity index (χ1) is 23.2. The number of hydrogen-bond acceptors (Lipinski definition) is 17. The van der Waals surface area contributed by atoms with Crippen LogP contribution in [0.5, 0.6) is 5.75 Å². The first-order valence-electron chi connectivity index (χ1n) is 14.7. The summed E-state index contributed by atoms with van der Waals surface area (Å²) in [4.78, 5) is 121. The third-order valence-corrected chi connectivity index (χ3v) is 8.24. The SMILES string of the molecule is CC(C)(C)OC(=O)C1(N2OC[C@H](CC(=O)/C(=N\OC(C)(C)C(=O)O)c3csc(N)n3)C2=O)C[C@H](N2C(=O)c3cc(O)c(=O)[nH]c3C2=O)C(=O)O1. The van der Waals surface area contributed by atoms with Gasteiger partial charge in [0.1, 0.15) is 23.0 Å². The lowest BCUT2D eigenvalue weighted by molar-refractivity contribution is -0.263. The molecule has 21 heteroatoms. The summed E-state index contributed by atoms with van der Waals surface area (Å²) in [7, 11) is 0. The number of aromatic amines is 1. The third-order valence-electron chi connectivity index (χ3n) is 7.57. The monoisotopic (exact) mass is 718 g/mol. The van der Waals surface area contributed by atoms with Gasteiger partial charge in [-0.3, -0.25) is 33.7 Å². The van der Waals surface area contributed by atoms with Gasteiger partial charge in [0.05, 0.1) is 24.5 Å². The summed E-state index contributed by atoms with van der Waals surface area (Å²) >= 11 is 0.946. The van der Waals surface area contributed by atoms with E-state index in [0.717, 1.165) is 17.4 Å². The van der Waals surface area contributed by atoms with Crippen LogP contribution in [0.3, 0.4) is 0 Å². The van der Waals surface area contributed by atoms with E-state index in [4.69, 9.17) is 24.9 Å². The normalized spacial score (nSPS) is 22.5. The molecule has 266 valence electrons. The molecule has 2 aromatic heterocycles. The number of ketones is 1. The van der Waals surface area contributed by atoms with Crippen molar-refractivity contribution in [2.45, 2.75) is 70.4 Å². The van der Waals surface area contributed by atoms with Crippen LogP contribution in [0, 0.1) is 5.92 Å². The summed E-state index contributed by atoms with van der Waals surface area (Å²) in [5.41, 5.74) is -2.67. The number of nitrogen functional groups attached to an aromatic ring is 1. The number of nitrogens with two attached hydrogens (primary N) is 1. The Morgan fingerprint density at radius 2 is 1.84 bits per heavy atom. The molecule has 2 saturated heterocycles. The zero-order chi connectivity index (χ0) is 37.1. The molecular weight excluding hydrogens is 688 g/mol. The van der Waals surface area contributed by atoms with Gasteiger partial charge in [-0.2, -0.15) is 5.06 Å². The van der Waals surface area contributed by atoms with Crippen LogP contribution in [0.15, 0.2) is 21.4 Å². The van der Waals surface area contributed by atoms with Crippen LogP contribution in [0.4, 0.5) is 5.13 Å². The summed E-state index contributed by atoms with van der Waals surface area (Å²) in [5, 5.41) is 24.7. The number of carbonyl (C=O) groups excluding carboxylic acids is 6. The topological polar surface area (TPSA) is 287 Å². The lowest BCUT2D eigenvalue weighted by atomic mass is 9.98. The highest BCUT2D eigenvalue weighted by molar-refractivity contribution is 7.13. The van der Waals surface area contributed by atoms with Crippen LogP contribution < -0.4 is 11.3 Å². The average molecular weight is 719 g/mol. The van der Waals surface area contributed by atoms with Crippen molar-refractivity contribution in [1.29, 1.82) is 0 Å². The smallest absolute Gasteiger partial charge is 0.375 e. The average Bonchev–Trinajstić information content (AvgIpc) is 3.75. The maximum atomic E-state index is 13.8. The molecule has 50 heavy (non-hydrogen) atoms. The number of aromatic hydroxyl groups is 1. The van der Waals surface area contributed by atoms with Crippen molar-refractivity contribution in [3.8, 4) is 5.75 Å². The fourth-order valence-electron chi connectivity index (χ4n) is 5.04. The van der Waals surface area contributed by atoms with Gasteiger partial charge in [0.25, 0.3) is 23.3 Å². The van der Waals surface area contributed by atoms with E-state index < -0.39 is 118 Å². The molecule has 5 heterocycles. The molecule has 0 saturated carbocycles. The Hall–Kier alpha value is -5.70. The molecule has 5 N–H and O–H groups in total. The number of aromatic nitrogens is 2. The summed E-state index contributed by atoms with van der Waals surface area (Å²) in [6, 6.07) is -1.10. The van der Waals surface area contributed by atoms with Crippen molar-refractivity contribution in [1.82, 2.24) is 19.9 Å². The number of pyridine rings is 1. The number of carboxylic acids is 1. The molecule has 0 aliphatic carbocycles. The second-order valence-electron chi connectivity index (χ2n) is 12.9. The highest BCUT2D eigenvalue weighted by atomic mass is 32.1. The number of anilines is 1. The Bertz CT molecular complexity index is 1940. The lowest BCUT2D eigenvalue weighted by Crippen LogP contribution is -2.57. The third kappa shape index (κ3) is 6.27. The predicted octanol–water partition coefficient (Wildman–Crippen LogP) is -0.298. The number of oxime groups is 1. The van der Waals surface area contributed by atoms with Crippen molar-refractivity contribution in [3.05, 3.63) is 38.8 Å². The van der Waals surface area contributed by atoms with E-state index >= 15 is 0 Å². The van der Waals surface area contributed by atoms with Gasteiger partial charge in [-0.15, -0.1) is 11.3 Å². The summed E-state index contributed by atoms with van der Waals surface area (Å²) < 4.78 is 10.9. The van der Waals surface area contributed by atoms with Gasteiger partial charge in [0, 0.05) is 17.9 Å². The lowest BCUT2D eigenvalue weighted by Gasteiger charge is -2.35. The van der Waals surface area contributed by atoms with E-state index in [-0.39, 0.29) is 10.8 Å². The van der Waals surface area contributed by atoms with Crippen LogP contribution in [0.1, 0.15) is 74.0 Å². The van der Waals surface area contributed by atoms with Crippen molar-refractivity contribution in [2.75, 3.05) is 12.3 Å². The number of thiazole rings is 1. The number of nitrogens with one attached hydrogen (secondary N) is 1. The van der Waals surface area contributed by atoms with Crippen molar-refractivity contribution in [2.24, 2.45) is 11.1 Å². The number of carbonyl (C=O) groups is 7. The standard InChI is InChI=1S/C29H30N6O14S/c1-27(2,3)48-25(45)29(8-14(23(42)47-29)34-21(40)12-7-16(37)19(38)32-17(12)22(34)41)35-20(39)11(9-46-35)6-15(36)18(13-10-50-26(30)31-13)33-49-28(4,5)24(43)44/h7,10-11,14,37H,6,8-9H2,1-5H3,(H2,30,31)(H,32,38)(H,43,44)/b33-18-/t11-,14-,29?/m0/s1. The van der Waals surface area contributed by atoms with Gasteiger partial charge in [-0.05, 0) is 34.6 Å². The molecular formula is C29H30N6O14S. The molecule has 0 bridgehead atoms. The van der Waals surface area contributed by atoms with Crippen LogP contribution in [-0.4, -0.2) is 107 Å². The first-order valence-corrected chi connectivity index (χ1v) is 15.6. The number of aliphatic carboxylic acids is 1. The molecule has 0 radical (unpaired) electrons. The van der Waals surface area contributed by atoms with Crippen molar-refractivity contribution in [3.63, 3.8) is 0 Å². The maximum Gasteiger partial charge on any atom is 0.375 e. The van der Waals surface area contributed by atoms with Crippen LogP contribution in [0.2, 0.25) is 0 Å². The van der Waals surface area contributed by atoms with E-state index in [0.29, 0.717) is 9.96 Å². The van der Waals surface area contributed by atoms with Gasteiger partial charge in [0.15, 0.2) is 22.4 Å². The minimum absolute atomic E-state index is 0.0440. The molecule has 1 unspecified atom stereocenters. The molecule has 20 nitrogen and oxygen atoms in total. The first kappa shape index (κ1) is 35.6. The zero-order valence-corrected chi connectivity index (χ0v) is 27.8. The zero-order valence-electron chi connectivity index (χ0n) is 27.0. The number of esters is 2. The molecule has 2 aromatic rings. The summed E-state index contributed by atoms with van der Waals surface area (Å²) in [5.74, 6) is -10.4. The molecule has 0 spiro atoms. The van der Waals surface area contributed by atoms with Crippen LogP contribution in [0.25, 0.3) is 0 Å². The van der Waals surface area contributed by atoms with Gasteiger partial charge in [0.2, 0.25) is 5.60 Å². The number of ether oxygens (including phenoxy) is 2. The molecule has 3 atom stereocenters. The minimum atomic E-state index is -2.70. The van der Waals surface area contributed by atoms with Gasteiger partial charge in [-0.1, -0.05) is 5.16 Å². The quantitative estimate of drug-likeness (QED) is 0.106. The van der Waals surface area contributed by atoms with Gasteiger partial charge in [-0.25, -0.2) is 19.4 Å². The minimum Gasteiger partial charge on any atom is -0.503 e. The van der Waals surface area contributed by atoms with Crippen LogP contribution in [-0.2, 0) is 43.1 Å². The number of rotatable bonds is 10. The van der Waals surface area contributed by atoms with E-state index in [1.807, 2.05) is 0 Å². The predicted molar refractivity (Wildman–Crippen MR) is 164 cm³/mol. The fourth-order valence-corrected chi connectivity index (χ4v) is 5.59. The highest BCUT2D eigenvalue weighted by Crippen LogP contribution is 2.41. The van der Waals surface area contributed by atoms with E-state index in [2.05, 4.69) is 15.1 Å². The van der Waals surface area contributed by atoms with Gasteiger partial charge >= 0.3 is 23.6 Å². The van der Waals surface area contributed by atoms with Gasteiger partial charge < -0.3 is 35.2 Å². The summed E-state index contributed by atoms with van der Waals surface area (Å²) in [6.07, 6.45) is -1.53. The Labute approximate surface area is 284 Å². The Morgan fingerprint density at radius 1 is 1.16 bits per heavy atom. The Kier molecular flexibility index (Phi) is 8.77. The second-order valence-corrected chi connectivity index (χ2v) is 13.7. The second kappa shape index (κ2) is 12.3. The Morgan fingerprint density at radius 3 is 2.44 bits per heavy atom. The number of nitrogens with zero attached hydrogens (tertiary/aromatic N) is 4. The van der Waals surface area contributed by atoms with E-state index in [9.17, 15) is 48.6 Å². The number of carboxylic acid groups (broad SMARTS) is 1. The highest BCUT2D eigenvalue weighted by Gasteiger charge is 2.66. The molecule has 0 aromatic carbocycles. The number of fused-ring (bicyclic) bond motifs is 1. The number of imide groups is 1. The number of hydroxylamine groups is 2. The molecule has 3 aliphatic rings. The molecule has 2 fully saturated rings. The summed E-state index contributed by atoms with van der Waals surface area (Å²) in [6.45, 7) is 6.26. The molecule has 3 aliphatic heterocycles. The van der Waals surface area contributed by atoms with E-state index in [1.165, 1.54) is 40.0 Å².